The second kappa shape index (κ2) is 5.37. The summed E-state index contributed by atoms with van der Waals surface area (Å²) in [6, 6.07) is 9.68. The van der Waals surface area contributed by atoms with Gasteiger partial charge in [0.25, 0.3) is 0 Å². The number of ketones is 3. The van der Waals surface area contributed by atoms with Crippen LogP contribution in [0.25, 0.3) is 0 Å². The van der Waals surface area contributed by atoms with Gasteiger partial charge in [0.05, 0.1) is 5.56 Å². The number of rotatable bonds is 3. The van der Waals surface area contributed by atoms with Gasteiger partial charge in [0.2, 0.25) is 11.7 Å². The number of aromatic nitrogens is 1. The van der Waals surface area contributed by atoms with Crippen molar-refractivity contribution in [3.63, 3.8) is 0 Å². The number of nitrogens with zero attached hydrogens (tertiary/aromatic N) is 1. The zero-order valence-electron chi connectivity index (χ0n) is 11.7. The van der Waals surface area contributed by atoms with Crippen LogP contribution in [-0.2, 0) is 0 Å². The minimum absolute atomic E-state index is 0.0743. The van der Waals surface area contributed by atoms with Crippen LogP contribution < -0.4 is 4.74 Å². The van der Waals surface area contributed by atoms with E-state index in [1.165, 1.54) is 31.2 Å². The fourth-order valence-electron chi connectivity index (χ4n) is 2.10. The highest BCUT2D eigenvalue weighted by Crippen LogP contribution is 2.24. The summed E-state index contributed by atoms with van der Waals surface area (Å²) in [7, 11) is 0. The molecular weight excluding hydrogens is 282 g/mol. The van der Waals surface area contributed by atoms with Crippen molar-refractivity contribution < 1.29 is 19.1 Å². The van der Waals surface area contributed by atoms with Gasteiger partial charge in [-0.1, -0.05) is 12.1 Å². The lowest BCUT2D eigenvalue weighted by molar-refractivity contribution is 0.0990. The van der Waals surface area contributed by atoms with E-state index >= 15 is 0 Å². The largest absolute Gasteiger partial charge is 0.439 e. The first-order valence-corrected chi connectivity index (χ1v) is 6.61. The molecule has 5 nitrogen and oxygen atoms in total. The molecule has 0 fully saturated rings. The third kappa shape index (κ3) is 2.56. The molecule has 0 saturated heterocycles. The van der Waals surface area contributed by atoms with E-state index in [2.05, 4.69) is 4.98 Å². The van der Waals surface area contributed by atoms with Gasteiger partial charge >= 0.3 is 0 Å². The van der Waals surface area contributed by atoms with Crippen LogP contribution in [0, 0.1) is 0 Å². The van der Waals surface area contributed by atoms with Crippen LogP contribution in [0.2, 0.25) is 0 Å². The second-order valence-electron chi connectivity index (χ2n) is 4.79. The predicted octanol–water partition coefficient (Wildman–Crippen LogP) is 3.01. The number of allylic oxidation sites excluding steroid dienone is 2. The summed E-state index contributed by atoms with van der Waals surface area (Å²) >= 11 is 0. The van der Waals surface area contributed by atoms with Crippen molar-refractivity contribution >= 4 is 17.3 Å². The molecule has 0 aliphatic heterocycles. The van der Waals surface area contributed by atoms with E-state index in [4.69, 9.17) is 4.74 Å². The summed E-state index contributed by atoms with van der Waals surface area (Å²) in [6.07, 6.45) is 2.42. The normalized spacial score (nSPS) is 13.0. The Bertz CT molecular complexity index is 836. The maximum atomic E-state index is 11.8. The number of pyridine rings is 1. The highest BCUT2D eigenvalue weighted by atomic mass is 16.5. The molecule has 1 aromatic carbocycles. The Morgan fingerprint density at radius 1 is 1.05 bits per heavy atom. The van der Waals surface area contributed by atoms with Crippen molar-refractivity contribution in [2.45, 2.75) is 6.92 Å². The molecule has 5 heteroatoms. The molecule has 22 heavy (non-hydrogen) atoms. The van der Waals surface area contributed by atoms with Gasteiger partial charge in [-0.15, -0.1) is 0 Å². The summed E-state index contributed by atoms with van der Waals surface area (Å²) in [5.41, 5.74) is 0.856. The lowest BCUT2D eigenvalue weighted by Crippen LogP contribution is -2.13. The number of ether oxygens (including phenoxy) is 1. The van der Waals surface area contributed by atoms with Gasteiger partial charge in [0.15, 0.2) is 11.6 Å². The highest BCUT2D eigenvalue weighted by Gasteiger charge is 2.21. The molecule has 0 atom stereocenters. The summed E-state index contributed by atoms with van der Waals surface area (Å²) in [4.78, 5) is 38.9. The van der Waals surface area contributed by atoms with Crippen LogP contribution in [-0.4, -0.2) is 22.3 Å². The summed E-state index contributed by atoms with van der Waals surface area (Å²) in [5.74, 6) is -0.0410. The number of carbonyl (C=O) groups excluding carboxylic acids is 3. The fourth-order valence-corrected chi connectivity index (χ4v) is 2.10. The summed E-state index contributed by atoms with van der Waals surface area (Å²) in [5, 5.41) is 0. The van der Waals surface area contributed by atoms with Crippen molar-refractivity contribution in [3.05, 3.63) is 65.4 Å². The van der Waals surface area contributed by atoms with E-state index in [-0.39, 0.29) is 34.5 Å². The lowest BCUT2D eigenvalue weighted by Gasteiger charge is -2.11. The Balaban J connectivity index is 1.93. The number of benzene rings is 1. The molecule has 0 spiro atoms. The minimum Gasteiger partial charge on any atom is -0.439 e. The minimum atomic E-state index is -0.336. The van der Waals surface area contributed by atoms with Gasteiger partial charge in [-0.2, -0.15) is 0 Å². The van der Waals surface area contributed by atoms with Crippen LogP contribution in [0.15, 0.2) is 48.6 Å². The number of hydrogen-bond acceptors (Lipinski definition) is 5. The standard InChI is InChI=1S/C17H11NO4/c1-10(19)11-3-2-4-12(9-11)22-16-8-5-13-14(20)6-7-15(21)17(13)18-16/h2-9H,1H3. The van der Waals surface area contributed by atoms with E-state index in [0.717, 1.165) is 0 Å². The van der Waals surface area contributed by atoms with Crippen molar-refractivity contribution in [1.29, 1.82) is 0 Å². The molecule has 0 amide bonds. The van der Waals surface area contributed by atoms with Gasteiger partial charge in [0, 0.05) is 11.6 Å². The van der Waals surface area contributed by atoms with Crippen LogP contribution in [0.4, 0.5) is 0 Å². The quantitative estimate of drug-likeness (QED) is 0.813. The van der Waals surface area contributed by atoms with Crippen LogP contribution in [0.3, 0.4) is 0 Å². The molecule has 0 N–H and O–H groups in total. The number of carbonyl (C=O) groups is 3. The monoisotopic (exact) mass is 293 g/mol. The van der Waals surface area contributed by atoms with Crippen molar-refractivity contribution in [2.75, 3.05) is 0 Å². The van der Waals surface area contributed by atoms with Gasteiger partial charge in [-0.25, -0.2) is 4.98 Å². The van der Waals surface area contributed by atoms with E-state index in [0.29, 0.717) is 11.3 Å². The number of hydrogen-bond donors (Lipinski definition) is 0. The maximum Gasteiger partial charge on any atom is 0.219 e. The van der Waals surface area contributed by atoms with Crippen LogP contribution in [0.5, 0.6) is 11.6 Å². The van der Waals surface area contributed by atoms with Gasteiger partial charge in [-0.3, -0.25) is 14.4 Å². The average molecular weight is 293 g/mol. The van der Waals surface area contributed by atoms with Crippen LogP contribution in [0.1, 0.15) is 38.1 Å². The summed E-state index contributed by atoms with van der Waals surface area (Å²) in [6.45, 7) is 1.47. The smallest absolute Gasteiger partial charge is 0.219 e. The lowest BCUT2D eigenvalue weighted by atomic mass is 10.0. The van der Waals surface area contributed by atoms with Crippen molar-refractivity contribution in [1.82, 2.24) is 4.98 Å². The molecule has 1 aliphatic carbocycles. The molecule has 3 rings (SSSR count). The molecule has 0 radical (unpaired) electrons. The molecule has 0 saturated carbocycles. The number of Topliss-reactive ketones (excluding diaryl/α,β-unsaturated/α-hetero) is 1. The summed E-state index contributed by atoms with van der Waals surface area (Å²) < 4.78 is 5.57. The molecule has 108 valence electrons. The first kappa shape index (κ1) is 13.9. The Morgan fingerprint density at radius 3 is 2.59 bits per heavy atom. The molecule has 0 bridgehead atoms. The highest BCUT2D eigenvalue weighted by molar-refractivity contribution is 6.21. The van der Waals surface area contributed by atoms with Crippen molar-refractivity contribution in [2.24, 2.45) is 0 Å². The molecule has 2 aromatic rings. The molecular formula is C17H11NO4. The van der Waals surface area contributed by atoms with E-state index < -0.39 is 0 Å². The van der Waals surface area contributed by atoms with Crippen LogP contribution >= 0.6 is 0 Å². The molecule has 0 unspecified atom stereocenters. The first-order valence-electron chi connectivity index (χ1n) is 6.61. The Labute approximate surface area is 126 Å². The van der Waals surface area contributed by atoms with Gasteiger partial charge < -0.3 is 4.74 Å². The number of fused-ring (bicyclic) bond motifs is 1. The second-order valence-corrected chi connectivity index (χ2v) is 4.79. The fraction of sp³-hybridized carbons (Fsp3) is 0.0588. The van der Waals surface area contributed by atoms with E-state index in [9.17, 15) is 14.4 Å². The SMILES string of the molecule is CC(=O)c1cccc(Oc2ccc3c(n2)C(=O)C=CC3=O)c1. The Hall–Kier alpha value is -3.08. The zero-order valence-corrected chi connectivity index (χ0v) is 11.7. The van der Waals surface area contributed by atoms with Crippen molar-refractivity contribution in [3.8, 4) is 11.6 Å². The molecule has 1 heterocycles. The van der Waals surface area contributed by atoms with E-state index in [1.54, 1.807) is 24.3 Å². The van der Waals surface area contributed by atoms with Gasteiger partial charge in [-0.05, 0) is 37.3 Å². The third-order valence-electron chi connectivity index (χ3n) is 3.22. The first-order chi connectivity index (χ1) is 10.5. The third-order valence-corrected chi connectivity index (χ3v) is 3.22. The van der Waals surface area contributed by atoms with Gasteiger partial charge in [0.1, 0.15) is 11.4 Å². The zero-order chi connectivity index (χ0) is 15.7. The molecule has 1 aromatic heterocycles. The van der Waals surface area contributed by atoms with E-state index in [1.807, 2.05) is 0 Å². The average Bonchev–Trinajstić information content (AvgIpc) is 2.51. The Morgan fingerprint density at radius 2 is 1.82 bits per heavy atom. The maximum absolute atomic E-state index is 11.8. The predicted molar refractivity (Wildman–Crippen MR) is 78.6 cm³/mol. The molecule has 1 aliphatic rings. The topological polar surface area (TPSA) is 73.3 Å². The Kier molecular flexibility index (Phi) is 3.39.